The Kier molecular flexibility index (Phi) is 3.03. The van der Waals surface area contributed by atoms with Crippen LogP contribution in [0.15, 0.2) is 12.4 Å². The number of rotatable bonds is 3. The van der Waals surface area contributed by atoms with Crippen molar-refractivity contribution in [1.29, 1.82) is 0 Å². The van der Waals surface area contributed by atoms with Gasteiger partial charge in [-0.25, -0.2) is 0 Å². The lowest BCUT2D eigenvalue weighted by atomic mass is 10.1. The number of aromatic nitrogens is 2. The molecule has 1 aromatic heterocycles. The first kappa shape index (κ1) is 11.0. The zero-order chi connectivity index (χ0) is 10.9. The van der Waals surface area contributed by atoms with Crippen molar-refractivity contribution in [3.63, 3.8) is 0 Å². The Bertz CT molecular complexity index is 335. The highest BCUT2D eigenvalue weighted by Gasteiger charge is 2.31. The van der Waals surface area contributed by atoms with Crippen LogP contribution in [-0.2, 0) is 17.2 Å². The maximum atomic E-state index is 5.90. The minimum absolute atomic E-state index is 0.0349. The Balaban J connectivity index is 1.92. The average molecular weight is 229 g/mol. The molecule has 0 saturated carbocycles. The van der Waals surface area contributed by atoms with Crippen LogP contribution >= 0.6 is 11.6 Å². The summed E-state index contributed by atoms with van der Waals surface area (Å²) in [6, 6.07) is 0. The van der Waals surface area contributed by atoms with Gasteiger partial charge in [0.15, 0.2) is 0 Å². The Labute approximate surface area is 95.4 Å². The third-order valence-corrected chi connectivity index (χ3v) is 3.09. The average Bonchev–Trinajstić information content (AvgIpc) is 2.73. The molecule has 2 rings (SSSR count). The lowest BCUT2D eigenvalue weighted by Gasteiger charge is -2.19. The van der Waals surface area contributed by atoms with Crippen LogP contribution in [0.2, 0.25) is 0 Å². The van der Waals surface area contributed by atoms with Crippen LogP contribution in [0, 0.1) is 0 Å². The number of halogens is 1. The second-order valence-corrected chi connectivity index (χ2v) is 5.01. The van der Waals surface area contributed by atoms with Crippen LogP contribution < -0.4 is 0 Å². The van der Waals surface area contributed by atoms with Gasteiger partial charge in [-0.1, -0.05) is 0 Å². The maximum Gasteiger partial charge on any atom is 0.0779 e. The van der Waals surface area contributed by atoms with Gasteiger partial charge in [0.25, 0.3) is 0 Å². The van der Waals surface area contributed by atoms with Crippen molar-refractivity contribution in [1.82, 2.24) is 9.78 Å². The number of ether oxygens (including phenoxy) is 1. The lowest BCUT2D eigenvalue weighted by Crippen LogP contribution is -2.23. The highest BCUT2D eigenvalue weighted by Crippen LogP contribution is 2.29. The molecule has 1 unspecified atom stereocenters. The van der Waals surface area contributed by atoms with Gasteiger partial charge < -0.3 is 4.74 Å². The first-order valence-corrected chi connectivity index (χ1v) is 5.88. The van der Waals surface area contributed by atoms with Crippen molar-refractivity contribution >= 4 is 11.6 Å². The highest BCUT2D eigenvalue weighted by atomic mass is 35.5. The second-order valence-electron chi connectivity index (χ2n) is 4.74. The summed E-state index contributed by atoms with van der Waals surface area (Å²) >= 11 is 5.72. The minimum atomic E-state index is 0.0349. The van der Waals surface area contributed by atoms with Gasteiger partial charge in [-0.05, 0) is 26.7 Å². The van der Waals surface area contributed by atoms with Crippen LogP contribution in [0.3, 0.4) is 0 Å². The molecule has 84 valence electrons. The molecule has 4 heteroatoms. The van der Waals surface area contributed by atoms with E-state index >= 15 is 0 Å². The summed E-state index contributed by atoms with van der Waals surface area (Å²) in [5.41, 5.74) is 1.10. The zero-order valence-corrected chi connectivity index (χ0v) is 10.00. The molecule has 2 heterocycles. The molecule has 1 saturated heterocycles. The fraction of sp³-hybridized carbons (Fsp3) is 0.727. The van der Waals surface area contributed by atoms with E-state index in [9.17, 15) is 0 Å². The summed E-state index contributed by atoms with van der Waals surface area (Å²) in [7, 11) is 0. The molecule has 0 amide bonds. The molecule has 1 aromatic rings. The predicted molar refractivity (Wildman–Crippen MR) is 60.0 cm³/mol. The molecule has 0 spiro atoms. The van der Waals surface area contributed by atoms with E-state index in [0.717, 1.165) is 24.9 Å². The van der Waals surface area contributed by atoms with Gasteiger partial charge in [0.2, 0.25) is 0 Å². The van der Waals surface area contributed by atoms with Crippen molar-refractivity contribution in [3.8, 4) is 0 Å². The molecular formula is C11H17ClN2O. The fourth-order valence-electron chi connectivity index (χ4n) is 1.99. The first-order chi connectivity index (χ1) is 7.09. The van der Waals surface area contributed by atoms with E-state index in [1.807, 2.05) is 17.1 Å². The van der Waals surface area contributed by atoms with Crippen molar-refractivity contribution < 1.29 is 4.74 Å². The summed E-state index contributed by atoms with van der Waals surface area (Å²) < 4.78 is 7.82. The molecule has 1 aliphatic heterocycles. The van der Waals surface area contributed by atoms with E-state index in [1.165, 1.54) is 0 Å². The maximum absolute atomic E-state index is 5.90. The molecule has 0 radical (unpaired) electrons. The molecule has 1 aliphatic rings. The van der Waals surface area contributed by atoms with Crippen molar-refractivity contribution in [2.45, 2.75) is 50.8 Å². The Hall–Kier alpha value is -0.540. The Morgan fingerprint density at radius 3 is 3.00 bits per heavy atom. The van der Waals surface area contributed by atoms with Gasteiger partial charge in [0.1, 0.15) is 0 Å². The SMILES string of the molecule is CC1(C)CCC(Cn2cc(CCl)cn2)O1. The smallest absolute Gasteiger partial charge is 0.0779 e. The van der Waals surface area contributed by atoms with E-state index < -0.39 is 0 Å². The summed E-state index contributed by atoms with van der Waals surface area (Å²) in [6.07, 6.45) is 6.34. The van der Waals surface area contributed by atoms with E-state index in [0.29, 0.717) is 12.0 Å². The molecule has 0 bridgehead atoms. The summed E-state index contributed by atoms with van der Waals surface area (Å²) in [5, 5.41) is 4.25. The molecular weight excluding hydrogens is 212 g/mol. The minimum Gasteiger partial charge on any atom is -0.370 e. The molecule has 3 nitrogen and oxygen atoms in total. The van der Waals surface area contributed by atoms with Crippen LogP contribution in [0.4, 0.5) is 0 Å². The van der Waals surface area contributed by atoms with E-state index in [-0.39, 0.29) is 5.60 Å². The monoisotopic (exact) mass is 228 g/mol. The molecule has 1 atom stereocenters. The van der Waals surface area contributed by atoms with Gasteiger partial charge in [0, 0.05) is 11.8 Å². The number of alkyl halides is 1. The standard InChI is InChI=1S/C11H17ClN2O/c1-11(2)4-3-10(15-11)8-14-7-9(5-12)6-13-14/h6-7,10H,3-5,8H2,1-2H3. The fourth-order valence-corrected chi connectivity index (χ4v) is 2.13. The largest absolute Gasteiger partial charge is 0.370 e. The molecule has 0 aromatic carbocycles. The van der Waals surface area contributed by atoms with Gasteiger partial charge in [0.05, 0.1) is 30.3 Å². The third-order valence-electron chi connectivity index (χ3n) is 2.79. The molecule has 0 N–H and O–H groups in total. The molecule has 1 fully saturated rings. The van der Waals surface area contributed by atoms with E-state index in [1.54, 1.807) is 0 Å². The lowest BCUT2D eigenvalue weighted by molar-refractivity contribution is -0.0229. The number of hydrogen-bond donors (Lipinski definition) is 0. The van der Waals surface area contributed by atoms with E-state index in [4.69, 9.17) is 16.3 Å². The number of nitrogens with zero attached hydrogens (tertiary/aromatic N) is 2. The Morgan fingerprint density at radius 1 is 1.67 bits per heavy atom. The Morgan fingerprint density at radius 2 is 2.47 bits per heavy atom. The summed E-state index contributed by atoms with van der Waals surface area (Å²) in [4.78, 5) is 0. The number of hydrogen-bond acceptors (Lipinski definition) is 2. The first-order valence-electron chi connectivity index (χ1n) is 5.34. The predicted octanol–water partition coefficient (Wildman–Crippen LogP) is 2.58. The molecule has 0 aliphatic carbocycles. The zero-order valence-electron chi connectivity index (χ0n) is 9.24. The third kappa shape index (κ3) is 2.73. The second kappa shape index (κ2) is 4.14. The van der Waals surface area contributed by atoms with Gasteiger partial charge in [-0.2, -0.15) is 5.10 Å². The topological polar surface area (TPSA) is 27.1 Å². The van der Waals surface area contributed by atoms with Crippen LogP contribution in [0.25, 0.3) is 0 Å². The van der Waals surface area contributed by atoms with Crippen LogP contribution in [0.1, 0.15) is 32.3 Å². The van der Waals surface area contributed by atoms with Crippen LogP contribution in [-0.4, -0.2) is 21.5 Å². The summed E-state index contributed by atoms with van der Waals surface area (Å²) in [6.45, 7) is 5.11. The summed E-state index contributed by atoms with van der Waals surface area (Å²) in [5.74, 6) is 0.525. The van der Waals surface area contributed by atoms with Crippen LogP contribution in [0.5, 0.6) is 0 Å². The van der Waals surface area contributed by atoms with E-state index in [2.05, 4.69) is 18.9 Å². The molecule has 15 heavy (non-hydrogen) atoms. The van der Waals surface area contributed by atoms with Gasteiger partial charge in [-0.15, -0.1) is 11.6 Å². The van der Waals surface area contributed by atoms with Gasteiger partial charge >= 0.3 is 0 Å². The van der Waals surface area contributed by atoms with Crippen molar-refractivity contribution in [2.75, 3.05) is 0 Å². The quantitative estimate of drug-likeness (QED) is 0.744. The normalized spacial score (nSPS) is 24.6. The highest BCUT2D eigenvalue weighted by molar-refractivity contribution is 6.17. The van der Waals surface area contributed by atoms with Gasteiger partial charge in [-0.3, -0.25) is 4.68 Å². The van der Waals surface area contributed by atoms with Crippen molar-refractivity contribution in [3.05, 3.63) is 18.0 Å². The van der Waals surface area contributed by atoms with Crippen molar-refractivity contribution in [2.24, 2.45) is 0 Å².